The summed E-state index contributed by atoms with van der Waals surface area (Å²) in [5.41, 5.74) is 12.5. The van der Waals surface area contributed by atoms with Gasteiger partial charge in [-0.3, -0.25) is 10.1 Å². The summed E-state index contributed by atoms with van der Waals surface area (Å²) in [5, 5.41) is 11.1. The van der Waals surface area contributed by atoms with Crippen LogP contribution in [0.2, 0.25) is 0 Å². The van der Waals surface area contributed by atoms with Crippen LogP contribution in [-0.2, 0) is 4.74 Å². The zero-order valence-electron chi connectivity index (χ0n) is 20.7. The molecule has 35 heavy (non-hydrogen) atoms. The summed E-state index contributed by atoms with van der Waals surface area (Å²) in [4.78, 5) is 4.64. The molecule has 0 atom stereocenters. The maximum atomic E-state index is 5.55. The third-order valence-corrected chi connectivity index (χ3v) is 6.11. The van der Waals surface area contributed by atoms with Crippen LogP contribution >= 0.6 is 0 Å². The molecule has 5 nitrogen and oxygen atoms in total. The normalized spacial score (nSPS) is 17.7. The van der Waals surface area contributed by atoms with E-state index in [1.54, 1.807) is 0 Å². The Kier molecular flexibility index (Phi) is 8.50. The Bertz CT molecular complexity index is 1250. The highest BCUT2D eigenvalue weighted by atomic mass is 16.5. The van der Waals surface area contributed by atoms with Gasteiger partial charge in [-0.25, -0.2) is 0 Å². The van der Waals surface area contributed by atoms with E-state index in [1.165, 1.54) is 5.57 Å². The summed E-state index contributed by atoms with van der Waals surface area (Å²) < 4.78 is 5.55. The van der Waals surface area contributed by atoms with Crippen molar-refractivity contribution < 1.29 is 4.74 Å². The Balaban J connectivity index is 1.55. The molecular formula is C30H34N4O. The van der Waals surface area contributed by atoms with Crippen molar-refractivity contribution in [2.45, 2.75) is 39.5 Å². The van der Waals surface area contributed by atoms with Crippen molar-refractivity contribution in [3.63, 3.8) is 0 Å². The molecule has 4 rings (SSSR count). The molecule has 2 aromatic rings. The van der Waals surface area contributed by atoms with E-state index in [0.717, 1.165) is 90.5 Å². The van der Waals surface area contributed by atoms with Crippen molar-refractivity contribution >= 4 is 5.57 Å². The highest BCUT2D eigenvalue weighted by molar-refractivity contribution is 5.83. The van der Waals surface area contributed by atoms with Crippen LogP contribution in [0.1, 0.15) is 43.9 Å². The topological polar surface area (TPSA) is 62.8 Å². The van der Waals surface area contributed by atoms with E-state index in [0.29, 0.717) is 0 Å². The maximum Gasteiger partial charge on any atom is 0.119 e. The Labute approximate surface area is 208 Å². The average molecular weight is 467 g/mol. The number of aromatic amines is 1. The number of aromatic nitrogens is 3. The number of hydrogen-bond acceptors (Lipinski definition) is 4. The molecule has 0 bridgehead atoms. The Hall–Kier alpha value is -3.66. The lowest BCUT2D eigenvalue weighted by Crippen LogP contribution is -2.16. The van der Waals surface area contributed by atoms with E-state index in [4.69, 9.17) is 4.74 Å². The molecule has 0 spiro atoms. The molecule has 0 amide bonds. The van der Waals surface area contributed by atoms with Gasteiger partial charge < -0.3 is 10.1 Å². The van der Waals surface area contributed by atoms with Gasteiger partial charge in [-0.15, -0.1) is 5.73 Å². The van der Waals surface area contributed by atoms with Crippen LogP contribution in [0.15, 0.2) is 95.6 Å². The highest BCUT2D eigenvalue weighted by Gasteiger charge is 2.14. The quantitative estimate of drug-likeness (QED) is 0.269. The fourth-order valence-corrected chi connectivity index (χ4v) is 4.28. The van der Waals surface area contributed by atoms with Crippen molar-refractivity contribution in [2.75, 3.05) is 19.8 Å². The zero-order valence-corrected chi connectivity index (χ0v) is 20.7. The third kappa shape index (κ3) is 6.48. The molecule has 2 aromatic heterocycles. The number of rotatable bonds is 8. The fourth-order valence-electron chi connectivity index (χ4n) is 4.28. The van der Waals surface area contributed by atoms with Gasteiger partial charge in [-0.2, -0.15) is 5.10 Å². The van der Waals surface area contributed by atoms with Crippen LogP contribution in [0.5, 0.6) is 0 Å². The average Bonchev–Trinajstić information content (AvgIpc) is 3.08. The van der Waals surface area contributed by atoms with E-state index < -0.39 is 0 Å². The predicted molar refractivity (Wildman–Crippen MR) is 144 cm³/mol. The maximum absolute atomic E-state index is 5.55. The molecule has 3 heterocycles. The zero-order chi connectivity index (χ0) is 24.5. The first-order chi connectivity index (χ1) is 17.2. The standard InChI is InChI=1S/C30H34N4O/c1-4-8-28(31-18-6-10-24-11-7-19-35-20-17-24)26-16-15-25(14-13-22(26)2)27-21-32-34-30(27)29-12-5-9-23(3)33-29/h4-5,8-9,11-14,16,21,31H,2,6-7,10,17-20H2,1,3H3,(H,32,34)/b8-4-,28-26+. The molecular weight excluding hydrogens is 432 g/mol. The van der Waals surface area contributed by atoms with Crippen molar-refractivity contribution in [1.82, 2.24) is 20.5 Å². The van der Waals surface area contributed by atoms with E-state index in [1.807, 2.05) is 56.5 Å². The second-order valence-corrected chi connectivity index (χ2v) is 8.74. The first-order valence-electron chi connectivity index (χ1n) is 12.3. The molecule has 0 radical (unpaired) electrons. The molecule has 5 heteroatoms. The van der Waals surface area contributed by atoms with E-state index in [9.17, 15) is 0 Å². The molecule has 0 aromatic carbocycles. The summed E-state index contributed by atoms with van der Waals surface area (Å²) in [7, 11) is 0. The number of aryl methyl sites for hydroxylation is 1. The number of pyridine rings is 1. The predicted octanol–water partition coefficient (Wildman–Crippen LogP) is 6.38. The van der Waals surface area contributed by atoms with Gasteiger partial charge >= 0.3 is 0 Å². The third-order valence-electron chi connectivity index (χ3n) is 6.11. The van der Waals surface area contributed by atoms with Gasteiger partial charge in [0.2, 0.25) is 0 Å². The van der Waals surface area contributed by atoms with Crippen LogP contribution in [0.3, 0.4) is 0 Å². The molecule has 180 valence electrons. The van der Waals surface area contributed by atoms with Crippen molar-refractivity contribution in [3.05, 3.63) is 107 Å². The van der Waals surface area contributed by atoms with Crippen molar-refractivity contribution in [2.24, 2.45) is 0 Å². The molecule has 1 aliphatic heterocycles. The van der Waals surface area contributed by atoms with Gasteiger partial charge in [0.25, 0.3) is 0 Å². The minimum absolute atomic E-state index is 0.817. The van der Waals surface area contributed by atoms with Crippen molar-refractivity contribution in [1.29, 1.82) is 0 Å². The smallest absolute Gasteiger partial charge is 0.119 e. The molecule has 2 aliphatic rings. The van der Waals surface area contributed by atoms with Crippen LogP contribution in [-0.4, -0.2) is 34.9 Å². The molecule has 0 unspecified atom stereocenters. The number of allylic oxidation sites excluding steroid dienone is 7. The molecule has 0 saturated carbocycles. The van der Waals surface area contributed by atoms with Gasteiger partial charge in [-0.05, 0) is 75.5 Å². The van der Waals surface area contributed by atoms with Gasteiger partial charge in [0.1, 0.15) is 5.69 Å². The second-order valence-electron chi connectivity index (χ2n) is 8.74. The summed E-state index contributed by atoms with van der Waals surface area (Å²) >= 11 is 0. The molecule has 0 fully saturated rings. The SMILES string of the molecule is C=C1C=CC(c2c[nH]nc2-c2cccc(C)n2)=C=C/C1=C(/C=C\C)NCCCC1=CCCOCC1. The monoisotopic (exact) mass is 466 g/mol. The Morgan fingerprint density at radius 2 is 2.20 bits per heavy atom. The van der Waals surface area contributed by atoms with Gasteiger partial charge in [-0.1, -0.05) is 36.4 Å². The van der Waals surface area contributed by atoms with E-state index in [-0.39, 0.29) is 0 Å². The largest absolute Gasteiger partial charge is 0.385 e. The first kappa shape index (κ1) is 24.5. The Morgan fingerprint density at radius 1 is 1.29 bits per heavy atom. The van der Waals surface area contributed by atoms with Crippen LogP contribution in [0, 0.1) is 6.92 Å². The highest BCUT2D eigenvalue weighted by Crippen LogP contribution is 2.29. The lowest BCUT2D eigenvalue weighted by molar-refractivity contribution is 0.146. The summed E-state index contributed by atoms with van der Waals surface area (Å²) in [5.74, 6) is 0. The first-order valence-corrected chi connectivity index (χ1v) is 12.3. The second kappa shape index (κ2) is 12.2. The summed E-state index contributed by atoms with van der Waals surface area (Å²) in [6, 6.07) is 5.97. The minimum atomic E-state index is 0.817. The van der Waals surface area contributed by atoms with Crippen LogP contribution < -0.4 is 5.32 Å². The number of nitrogens with one attached hydrogen (secondary N) is 2. The molecule has 1 aliphatic carbocycles. The summed E-state index contributed by atoms with van der Waals surface area (Å²) in [6.45, 7) is 10.9. The van der Waals surface area contributed by atoms with Crippen LogP contribution in [0.4, 0.5) is 0 Å². The number of ether oxygens (including phenoxy) is 1. The van der Waals surface area contributed by atoms with E-state index >= 15 is 0 Å². The minimum Gasteiger partial charge on any atom is -0.385 e. The van der Waals surface area contributed by atoms with Gasteiger partial charge in [0.05, 0.1) is 18.9 Å². The molecule has 0 saturated heterocycles. The lowest BCUT2D eigenvalue weighted by Gasteiger charge is -2.13. The summed E-state index contributed by atoms with van der Waals surface area (Å²) in [6.07, 6.45) is 18.8. The van der Waals surface area contributed by atoms with Crippen molar-refractivity contribution in [3.8, 4) is 11.4 Å². The molecule has 2 N–H and O–H groups in total. The van der Waals surface area contributed by atoms with Gasteiger partial charge in [0.15, 0.2) is 0 Å². The fraction of sp³-hybridized carbons (Fsp3) is 0.300. The lowest BCUT2D eigenvalue weighted by atomic mass is 10.0. The van der Waals surface area contributed by atoms with E-state index in [2.05, 4.69) is 51.0 Å². The number of H-pyrrole nitrogens is 1. The van der Waals surface area contributed by atoms with Gasteiger partial charge in [0, 0.05) is 40.8 Å². The Morgan fingerprint density at radius 3 is 3.06 bits per heavy atom. The number of hydrogen-bond donors (Lipinski definition) is 2. The van der Waals surface area contributed by atoms with Crippen LogP contribution in [0.25, 0.3) is 17.0 Å². The number of nitrogens with zero attached hydrogens (tertiary/aromatic N) is 2.